The Labute approximate surface area is 84.8 Å². The van der Waals surface area contributed by atoms with Crippen molar-refractivity contribution in [3.05, 3.63) is 11.9 Å². The van der Waals surface area contributed by atoms with Gasteiger partial charge in [-0.3, -0.25) is 4.90 Å². The summed E-state index contributed by atoms with van der Waals surface area (Å²) in [6, 6.07) is 0.439. The zero-order valence-electron chi connectivity index (χ0n) is 8.91. The SMILES string of the molecule is CO.CO.FC1=CC2CCCN2CC1. The summed E-state index contributed by atoms with van der Waals surface area (Å²) in [7, 11) is 2.00. The minimum atomic E-state index is 0.100. The fourth-order valence-corrected chi connectivity index (χ4v) is 1.86. The number of aliphatic hydroxyl groups is 2. The average molecular weight is 205 g/mol. The Morgan fingerprint density at radius 2 is 1.93 bits per heavy atom. The molecule has 0 spiro atoms. The fraction of sp³-hybridized carbons (Fsp3) is 0.800. The topological polar surface area (TPSA) is 43.7 Å². The van der Waals surface area contributed by atoms with Crippen LogP contribution in [-0.4, -0.2) is 48.5 Å². The van der Waals surface area contributed by atoms with Crippen LogP contribution >= 0.6 is 0 Å². The van der Waals surface area contributed by atoms with Gasteiger partial charge in [0.25, 0.3) is 0 Å². The molecule has 0 aromatic carbocycles. The highest BCUT2D eigenvalue weighted by Gasteiger charge is 2.26. The largest absolute Gasteiger partial charge is 0.400 e. The Hall–Kier alpha value is -0.450. The molecule has 2 aliphatic rings. The minimum absolute atomic E-state index is 0.100. The van der Waals surface area contributed by atoms with Crippen molar-refractivity contribution in [3.8, 4) is 0 Å². The molecule has 2 heterocycles. The molecular weight excluding hydrogens is 185 g/mol. The van der Waals surface area contributed by atoms with Gasteiger partial charge in [-0.15, -0.1) is 0 Å². The van der Waals surface area contributed by atoms with Crippen LogP contribution in [0, 0.1) is 0 Å². The maximum Gasteiger partial charge on any atom is 0.0988 e. The van der Waals surface area contributed by atoms with Crippen molar-refractivity contribution in [1.29, 1.82) is 0 Å². The molecule has 0 amide bonds. The molecule has 3 nitrogen and oxygen atoms in total. The van der Waals surface area contributed by atoms with E-state index < -0.39 is 0 Å². The van der Waals surface area contributed by atoms with E-state index >= 15 is 0 Å². The molecular formula is C10H20FNO2. The molecule has 2 N–H and O–H groups in total. The van der Waals surface area contributed by atoms with Gasteiger partial charge in [0.15, 0.2) is 0 Å². The first-order chi connectivity index (χ1) is 6.86. The summed E-state index contributed by atoms with van der Waals surface area (Å²) >= 11 is 0. The molecule has 1 fully saturated rings. The first-order valence-corrected chi connectivity index (χ1v) is 4.86. The van der Waals surface area contributed by atoms with E-state index in [1.165, 1.54) is 13.0 Å². The summed E-state index contributed by atoms with van der Waals surface area (Å²) in [4.78, 5) is 2.36. The summed E-state index contributed by atoms with van der Waals surface area (Å²) in [6.45, 7) is 2.11. The molecule has 0 aliphatic carbocycles. The second-order valence-electron chi connectivity index (χ2n) is 3.11. The summed E-state index contributed by atoms with van der Waals surface area (Å²) in [5.41, 5.74) is 0. The van der Waals surface area contributed by atoms with E-state index in [-0.39, 0.29) is 5.83 Å². The molecule has 1 saturated heterocycles. The molecule has 1 atom stereocenters. The Bertz CT molecular complexity index is 174. The normalized spacial score (nSPS) is 24.9. The van der Waals surface area contributed by atoms with Gasteiger partial charge >= 0.3 is 0 Å². The second kappa shape index (κ2) is 7.91. The maximum absolute atomic E-state index is 12.7. The van der Waals surface area contributed by atoms with Crippen LogP contribution in [0.2, 0.25) is 0 Å². The second-order valence-corrected chi connectivity index (χ2v) is 3.11. The standard InChI is InChI=1S/C8H12FN.2CH4O/c9-7-3-5-10-4-1-2-8(10)6-7;2*1-2/h6,8H,1-5H2;2*2H,1H3. The lowest BCUT2D eigenvalue weighted by molar-refractivity contribution is 0.264. The molecule has 2 aliphatic heterocycles. The smallest absolute Gasteiger partial charge is 0.0988 e. The lowest BCUT2D eigenvalue weighted by Crippen LogP contribution is -2.31. The van der Waals surface area contributed by atoms with Gasteiger partial charge in [0.1, 0.15) is 0 Å². The van der Waals surface area contributed by atoms with Gasteiger partial charge in [-0.1, -0.05) is 0 Å². The molecule has 0 aromatic rings. The number of halogens is 1. The number of nitrogens with zero attached hydrogens (tertiary/aromatic N) is 1. The Morgan fingerprint density at radius 1 is 1.29 bits per heavy atom. The van der Waals surface area contributed by atoms with E-state index in [1.807, 2.05) is 0 Å². The summed E-state index contributed by atoms with van der Waals surface area (Å²) in [5.74, 6) is 0.100. The van der Waals surface area contributed by atoms with E-state index in [9.17, 15) is 4.39 Å². The molecule has 0 aromatic heterocycles. The number of fused-ring (bicyclic) bond motifs is 1. The molecule has 14 heavy (non-hydrogen) atoms. The van der Waals surface area contributed by atoms with Crippen LogP contribution in [0.3, 0.4) is 0 Å². The molecule has 0 bridgehead atoms. The van der Waals surface area contributed by atoms with Crippen molar-refractivity contribution >= 4 is 0 Å². The third-order valence-corrected chi connectivity index (χ3v) is 2.43. The van der Waals surface area contributed by atoms with Crippen LogP contribution in [0.1, 0.15) is 19.3 Å². The highest BCUT2D eigenvalue weighted by molar-refractivity contribution is 5.07. The van der Waals surface area contributed by atoms with Gasteiger partial charge in [0.05, 0.1) is 5.83 Å². The van der Waals surface area contributed by atoms with Crippen LogP contribution in [0.25, 0.3) is 0 Å². The third kappa shape index (κ3) is 3.74. The lowest BCUT2D eigenvalue weighted by atomic mass is 10.1. The van der Waals surface area contributed by atoms with Gasteiger partial charge in [-0.25, -0.2) is 4.39 Å². The van der Waals surface area contributed by atoms with E-state index in [0.717, 1.165) is 27.2 Å². The van der Waals surface area contributed by atoms with Gasteiger partial charge < -0.3 is 10.2 Å². The predicted molar refractivity (Wildman–Crippen MR) is 54.7 cm³/mol. The Morgan fingerprint density at radius 3 is 2.57 bits per heavy atom. The summed E-state index contributed by atoms with van der Waals surface area (Å²) in [5, 5.41) is 14.0. The third-order valence-electron chi connectivity index (χ3n) is 2.43. The van der Waals surface area contributed by atoms with Crippen LogP contribution < -0.4 is 0 Å². The molecule has 1 unspecified atom stereocenters. The monoisotopic (exact) mass is 205 g/mol. The first kappa shape index (κ1) is 13.5. The van der Waals surface area contributed by atoms with Crippen LogP contribution in [0.5, 0.6) is 0 Å². The molecule has 0 saturated carbocycles. The maximum atomic E-state index is 12.7. The van der Waals surface area contributed by atoms with Crippen LogP contribution in [0.4, 0.5) is 4.39 Å². The lowest BCUT2D eigenvalue weighted by Gasteiger charge is -2.25. The van der Waals surface area contributed by atoms with Gasteiger partial charge in [-0.2, -0.15) is 0 Å². The van der Waals surface area contributed by atoms with Crippen molar-refractivity contribution in [2.45, 2.75) is 25.3 Å². The molecule has 0 radical (unpaired) electrons. The van der Waals surface area contributed by atoms with Crippen molar-refractivity contribution in [2.75, 3.05) is 27.3 Å². The highest BCUT2D eigenvalue weighted by Crippen LogP contribution is 2.25. The van der Waals surface area contributed by atoms with Crippen molar-refractivity contribution in [3.63, 3.8) is 0 Å². The summed E-state index contributed by atoms with van der Waals surface area (Å²) < 4.78 is 12.7. The quantitative estimate of drug-likeness (QED) is 0.618. The van der Waals surface area contributed by atoms with Crippen molar-refractivity contribution in [2.24, 2.45) is 0 Å². The fourth-order valence-electron chi connectivity index (χ4n) is 1.86. The predicted octanol–water partition coefficient (Wildman–Crippen LogP) is 0.925. The van der Waals surface area contributed by atoms with Gasteiger partial charge in [0.2, 0.25) is 0 Å². The number of rotatable bonds is 0. The first-order valence-electron chi connectivity index (χ1n) is 4.86. The average Bonchev–Trinajstić information content (AvgIpc) is 2.71. The number of hydrogen-bond donors (Lipinski definition) is 2. The Kier molecular flexibility index (Phi) is 7.65. The zero-order chi connectivity index (χ0) is 11.0. The highest BCUT2D eigenvalue weighted by atomic mass is 19.1. The van der Waals surface area contributed by atoms with Gasteiger partial charge in [0, 0.05) is 33.2 Å². The number of aliphatic hydroxyl groups excluding tert-OH is 2. The minimum Gasteiger partial charge on any atom is -0.400 e. The van der Waals surface area contributed by atoms with E-state index in [0.29, 0.717) is 12.5 Å². The Balaban J connectivity index is 0.000000379. The van der Waals surface area contributed by atoms with Crippen molar-refractivity contribution < 1.29 is 14.6 Å². The molecule has 2 rings (SSSR count). The van der Waals surface area contributed by atoms with Crippen molar-refractivity contribution in [1.82, 2.24) is 4.90 Å². The van der Waals surface area contributed by atoms with E-state index in [1.54, 1.807) is 6.08 Å². The molecule has 84 valence electrons. The van der Waals surface area contributed by atoms with E-state index in [4.69, 9.17) is 10.2 Å². The van der Waals surface area contributed by atoms with Crippen LogP contribution in [-0.2, 0) is 0 Å². The number of hydrogen-bond acceptors (Lipinski definition) is 3. The van der Waals surface area contributed by atoms with E-state index in [2.05, 4.69) is 4.90 Å². The van der Waals surface area contributed by atoms with Crippen LogP contribution in [0.15, 0.2) is 11.9 Å². The van der Waals surface area contributed by atoms with Gasteiger partial charge in [-0.05, 0) is 25.5 Å². The molecule has 4 heteroatoms. The summed E-state index contributed by atoms with van der Waals surface area (Å²) in [6.07, 6.45) is 4.83. The zero-order valence-corrected chi connectivity index (χ0v) is 8.91.